The number of amides is 2. The second-order valence-electron chi connectivity index (χ2n) is 6.08. The molecular formula is C17H21FN2O2. The average Bonchev–Trinajstić information content (AvgIpc) is 2.56. The van der Waals surface area contributed by atoms with Gasteiger partial charge in [-0.1, -0.05) is 37.5 Å². The first kappa shape index (κ1) is 15.0. The van der Waals surface area contributed by atoms with E-state index in [1.807, 2.05) is 0 Å². The molecule has 1 saturated carbocycles. The van der Waals surface area contributed by atoms with E-state index in [4.69, 9.17) is 0 Å². The number of hydrogen-bond donors (Lipinski definition) is 1. The monoisotopic (exact) mass is 304 g/mol. The predicted molar refractivity (Wildman–Crippen MR) is 80.4 cm³/mol. The summed E-state index contributed by atoms with van der Waals surface area (Å²) < 4.78 is 14.1. The Morgan fingerprint density at radius 2 is 1.91 bits per heavy atom. The van der Waals surface area contributed by atoms with E-state index in [9.17, 15) is 14.0 Å². The van der Waals surface area contributed by atoms with Crippen LogP contribution in [0.1, 0.15) is 43.7 Å². The molecule has 2 amide bonds. The molecular weight excluding hydrogens is 283 g/mol. The number of piperazine rings is 1. The minimum atomic E-state index is -0.843. The lowest BCUT2D eigenvalue weighted by atomic mass is 9.87. The minimum Gasteiger partial charge on any atom is -0.352 e. The molecule has 0 bridgehead atoms. The van der Waals surface area contributed by atoms with E-state index in [2.05, 4.69) is 5.32 Å². The van der Waals surface area contributed by atoms with Crippen molar-refractivity contribution in [1.29, 1.82) is 0 Å². The first-order valence-corrected chi connectivity index (χ1v) is 8.01. The van der Waals surface area contributed by atoms with E-state index in [0.29, 0.717) is 13.1 Å². The summed E-state index contributed by atoms with van der Waals surface area (Å²) in [5.41, 5.74) is 0.281. The lowest BCUT2D eigenvalue weighted by Crippen LogP contribution is -2.54. The smallest absolute Gasteiger partial charge is 0.247 e. The maximum atomic E-state index is 14.1. The van der Waals surface area contributed by atoms with Crippen molar-refractivity contribution < 1.29 is 14.0 Å². The van der Waals surface area contributed by atoms with Crippen molar-refractivity contribution in [1.82, 2.24) is 10.2 Å². The summed E-state index contributed by atoms with van der Waals surface area (Å²) in [5.74, 6) is -0.747. The highest BCUT2D eigenvalue weighted by Crippen LogP contribution is 2.31. The molecule has 1 aliphatic carbocycles. The topological polar surface area (TPSA) is 49.4 Å². The molecule has 1 aliphatic heterocycles. The van der Waals surface area contributed by atoms with Crippen LogP contribution in [0.25, 0.3) is 0 Å². The van der Waals surface area contributed by atoms with E-state index in [-0.39, 0.29) is 23.3 Å². The maximum absolute atomic E-state index is 14.1. The SMILES string of the molecule is O=C1NCCN(C(=O)C2CCCCC2)C1c1ccccc1F. The van der Waals surface area contributed by atoms with Crippen LogP contribution in [0.3, 0.4) is 0 Å². The van der Waals surface area contributed by atoms with Crippen molar-refractivity contribution in [2.24, 2.45) is 5.92 Å². The number of hydrogen-bond acceptors (Lipinski definition) is 2. The summed E-state index contributed by atoms with van der Waals surface area (Å²) in [6.45, 7) is 0.877. The molecule has 3 rings (SSSR count). The molecule has 5 heteroatoms. The molecule has 4 nitrogen and oxygen atoms in total. The zero-order chi connectivity index (χ0) is 15.5. The molecule has 0 radical (unpaired) electrons. The highest BCUT2D eigenvalue weighted by atomic mass is 19.1. The Morgan fingerprint density at radius 3 is 2.64 bits per heavy atom. The number of rotatable bonds is 2. The molecule has 1 atom stereocenters. The van der Waals surface area contributed by atoms with Crippen molar-refractivity contribution >= 4 is 11.8 Å². The van der Waals surface area contributed by atoms with Gasteiger partial charge in [0.25, 0.3) is 0 Å². The van der Waals surface area contributed by atoms with Crippen molar-refractivity contribution in [3.63, 3.8) is 0 Å². The van der Waals surface area contributed by atoms with Gasteiger partial charge in [-0.2, -0.15) is 0 Å². The van der Waals surface area contributed by atoms with Crippen molar-refractivity contribution in [2.45, 2.75) is 38.1 Å². The summed E-state index contributed by atoms with van der Waals surface area (Å²) in [6.07, 6.45) is 5.03. The van der Waals surface area contributed by atoms with Gasteiger partial charge in [0, 0.05) is 24.6 Å². The third-order valence-electron chi connectivity index (χ3n) is 4.65. The van der Waals surface area contributed by atoms with Crippen LogP contribution >= 0.6 is 0 Å². The van der Waals surface area contributed by atoms with Crippen molar-refractivity contribution in [3.05, 3.63) is 35.6 Å². The number of carbonyl (C=O) groups excluding carboxylic acids is 2. The van der Waals surface area contributed by atoms with E-state index in [1.165, 1.54) is 12.5 Å². The molecule has 1 unspecified atom stereocenters. The molecule has 22 heavy (non-hydrogen) atoms. The molecule has 1 aromatic carbocycles. The number of nitrogens with zero attached hydrogens (tertiary/aromatic N) is 1. The fourth-order valence-corrected chi connectivity index (χ4v) is 3.49. The predicted octanol–water partition coefficient (Wildman–Crippen LogP) is 2.41. The molecule has 1 aromatic rings. The van der Waals surface area contributed by atoms with Gasteiger partial charge in [-0.15, -0.1) is 0 Å². The Bertz CT molecular complexity index is 570. The Labute approximate surface area is 129 Å². The highest BCUT2D eigenvalue weighted by Gasteiger charge is 2.38. The molecule has 1 saturated heterocycles. The van der Waals surface area contributed by atoms with Gasteiger partial charge in [-0.05, 0) is 18.9 Å². The van der Waals surface area contributed by atoms with E-state index < -0.39 is 11.9 Å². The standard InChI is InChI=1S/C17H21FN2O2/c18-14-9-5-4-8-13(14)15-16(21)19-10-11-20(15)17(22)12-6-2-1-3-7-12/h4-5,8-9,12,15H,1-3,6-7,10-11H2,(H,19,21). The Balaban J connectivity index is 1.88. The second kappa shape index (κ2) is 6.46. The highest BCUT2D eigenvalue weighted by molar-refractivity contribution is 5.90. The van der Waals surface area contributed by atoms with Gasteiger partial charge in [0.15, 0.2) is 0 Å². The first-order valence-electron chi connectivity index (χ1n) is 8.01. The summed E-state index contributed by atoms with van der Waals surface area (Å²) in [7, 11) is 0. The molecule has 0 aromatic heterocycles. The van der Waals surface area contributed by atoms with Gasteiger partial charge in [-0.25, -0.2) is 4.39 Å². The maximum Gasteiger partial charge on any atom is 0.247 e. The number of carbonyl (C=O) groups is 2. The third kappa shape index (κ3) is 2.85. The molecule has 1 N–H and O–H groups in total. The fourth-order valence-electron chi connectivity index (χ4n) is 3.49. The van der Waals surface area contributed by atoms with Gasteiger partial charge in [0.2, 0.25) is 11.8 Å². The van der Waals surface area contributed by atoms with Crippen LogP contribution in [0, 0.1) is 11.7 Å². The molecule has 2 fully saturated rings. The Morgan fingerprint density at radius 1 is 1.18 bits per heavy atom. The zero-order valence-corrected chi connectivity index (χ0v) is 12.6. The Kier molecular flexibility index (Phi) is 4.41. The largest absolute Gasteiger partial charge is 0.352 e. The quantitative estimate of drug-likeness (QED) is 0.912. The number of benzene rings is 1. The van der Waals surface area contributed by atoms with Crippen molar-refractivity contribution in [2.75, 3.05) is 13.1 Å². The fraction of sp³-hybridized carbons (Fsp3) is 0.529. The number of nitrogens with one attached hydrogen (secondary N) is 1. The van der Waals surface area contributed by atoms with Gasteiger partial charge in [0.05, 0.1) is 0 Å². The van der Waals surface area contributed by atoms with E-state index in [1.54, 1.807) is 23.1 Å². The lowest BCUT2D eigenvalue weighted by Gasteiger charge is -2.38. The van der Waals surface area contributed by atoms with E-state index >= 15 is 0 Å². The Hall–Kier alpha value is -1.91. The third-order valence-corrected chi connectivity index (χ3v) is 4.65. The average molecular weight is 304 g/mol. The van der Waals surface area contributed by atoms with Crippen LogP contribution in [-0.4, -0.2) is 29.8 Å². The van der Waals surface area contributed by atoms with Crippen molar-refractivity contribution in [3.8, 4) is 0 Å². The zero-order valence-electron chi connectivity index (χ0n) is 12.6. The van der Waals surface area contributed by atoms with Gasteiger partial charge in [0.1, 0.15) is 11.9 Å². The molecule has 0 spiro atoms. The first-order chi connectivity index (χ1) is 10.7. The van der Waals surface area contributed by atoms with E-state index in [0.717, 1.165) is 25.7 Å². The van der Waals surface area contributed by atoms with Crippen LogP contribution in [0.4, 0.5) is 4.39 Å². The lowest BCUT2D eigenvalue weighted by molar-refractivity contribution is -0.147. The number of halogens is 1. The van der Waals surface area contributed by atoms with Gasteiger partial charge >= 0.3 is 0 Å². The minimum absolute atomic E-state index is 0.00260. The van der Waals surface area contributed by atoms with Crippen LogP contribution in [0.15, 0.2) is 24.3 Å². The van der Waals surface area contributed by atoms with Gasteiger partial charge in [-0.3, -0.25) is 9.59 Å². The second-order valence-corrected chi connectivity index (χ2v) is 6.08. The van der Waals surface area contributed by atoms with Crippen LogP contribution in [0.2, 0.25) is 0 Å². The van der Waals surface area contributed by atoms with Crippen LogP contribution in [-0.2, 0) is 9.59 Å². The molecule has 1 heterocycles. The molecule has 118 valence electrons. The summed E-state index contributed by atoms with van der Waals surface area (Å²) in [4.78, 5) is 26.7. The van der Waals surface area contributed by atoms with Crippen LogP contribution < -0.4 is 5.32 Å². The summed E-state index contributed by atoms with van der Waals surface area (Å²) >= 11 is 0. The summed E-state index contributed by atoms with van der Waals surface area (Å²) in [5, 5.41) is 2.75. The van der Waals surface area contributed by atoms with Crippen LogP contribution in [0.5, 0.6) is 0 Å². The van der Waals surface area contributed by atoms with Gasteiger partial charge < -0.3 is 10.2 Å². The molecule has 2 aliphatic rings. The normalized spacial score (nSPS) is 23.2. The summed E-state index contributed by atoms with van der Waals surface area (Å²) in [6, 6.07) is 5.37.